The minimum absolute atomic E-state index is 0.0268. The fraction of sp³-hybridized carbons (Fsp3) is 0.286. The number of rotatable bonds is 10. The maximum atomic E-state index is 13.6. The van der Waals surface area contributed by atoms with Crippen molar-refractivity contribution in [2.75, 3.05) is 29.5 Å². The van der Waals surface area contributed by atoms with Crippen LogP contribution in [0.15, 0.2) is 60.9 Å². The van der Waals surface area contributed by atoms with Crippen molar-refractivity contribution in [1.82, 2.24) is 15.3 Å². The van der Waals surface area contributed by atoms with Crippen molar-refractivity contribution in [3.05, 3.63) is 77.9 Å². The Hall–Kier alpha value is -4.79. The van der Waals surface area contributed by atoms with Gasteiger partial charge in [0.25, 0.3) is 0 Å². The third kappa shape index (κ3) is 6.57. The SMILES string of the molecule is CCNC(=O)Nc1ncnc(NC2OC(COc3ccc(F)cc3C(=O)O)C3O[C@H](/C=C/c4ccccc4)OC23)c1N. The Morgan fingerprint density at radius 2 is 1.86 bits per heavy atom. The lowest BCUT2D eigenvalue weighted by Crippen LogP contribution is -2.35. The number of fused-ring (bicyclic) bond motifs is 1. The predicted molar refractivity (Wildman–Crippen MR) is 149 cm³/mol. The second-order valence-electron chi connectivity index (χ2n) is 9.30. The van der Waals surface area contributed by atoms with Crippen LogP contribution in [0.5, 0.6) is 5.75 Å². The number of carboxylic acids is 1. The lowest BCUT2D eigenvalue weighted by molar-refractivity contribution is -0.107. The summed E-state index contributed by atoms with van der Waals surface area (Å²) < 4.78 is 37.9. The molecule has 13 nitrogen and oxygen atoms in total. The maximum absolute atomic E-state index is 13.6. The van der Waals surface area contributed by atoms with Crippen LogP contribution in [0.2, 0.25) is 0 Å². The summed E-state index contributed by atoms with van der Waals surface area (Å²) in [6, 6.07) is 12.3. The van der Waals surface area contributed by atoms with Crippen LogP contribution in [-0.4, -0.2) is 71.1 Å². The normalized spacial score (nSPS) is 23.0. The molecule has 5 atom stereocenters. The number of aromatic nitrogens is 2. The van der Waals surface area contributed by atoms with E-state index in [1.165, 1.54) is 12.4 Å². The smallest absolute Gasteiger partial charge is 0.339 e. The van der Waals surface area contributed by atoms with Gasteiger partial charge in [-0.25, -0.2) is 23.9 Å². The summed E-state index contributed by atoms with van der Waals surface area (Å²) in [6.45, 7) is 2.05. The van der Waals surface area contributed by atoms with E-state index < -0.39 is 48.6 Å². The number of hydrogen-bond donors (Lipinski definition) is 5. The predicted octanol–water partition coefficient (Wildman–Crippen LogP) is 3.08. The number of urea groups is 1. The lowest BCUT2D eigenvalue weighted by atomic mass is 10.1. The van der Waals surface area contributed by atoms with Crippen LogP contribution in [0.1, 0.15) is 22.8 Å². The van der Waals surface area contributed by atoms with Gasteiger partial charge in [-0.15, -0.1) is 0 Å². The summed E-state index contributed by atoms with van der Waals surface area (Å²) >= 11 is 0. The van der Waals surface area contributed by atoms with Crippen molar-refractivity contribution in [1.29, 1.82) is 0 Å². The minimum atomic E-state index is -1.34. The van der Waals surface area contributed by atoms with Crippen LogP contribution in [0.25, 0.3) is 6.08 Å². The second-order valence-corrected chi connectivity index (χ2v) is 9.30. The summed E-state index contributed by atoms with van der Waals surface area (Å²) in [6.07, 6.45) is 1.26. The van der Waals surface area contributed by atoms with Crippen molar-refractivity contribution in [2.24, 2.45) is 0 Å². The third-order valence-electron chi connectivity index (χ3n) is 6.45. The van der Waals surface area contributed by atoms with Crippen LogP contribution in [-0.2, 0) is 14.2 Å². The first-order valence-corrected chi connectivity index (χ1v) is 13.1. The van der Waals surface area contributed by atoms with Crippen molar-refractivity contribution >= 4 is 35.4 Å². The van der Waals surface area contributed by atoms with Crippen LogP contribution in [0, 0.1) is 5.82 Å². The number of anilines is 3. The molecule has 2 fully saturated rings. The molecule has 6 N–H and O–H groups in total. The molecule has 1 aromatic heterocycles. The maximum Gasteiger partial charge on any atom is 0.339 e. The molecule has 0 saturated carbocycles. The number of halogens is 1. The van der Waals surface area contributed by atoms with E-state index in [9.17, 15) is 19.1 Å². The average molecular weight is 581 g/mol. The molecule has 5 rings (SSSR count). The highest BCUT2D eigenvalue weighted by molar-refractivity contribution is 5.93. The van der Waals surface area contributed by atoms with Crippen molar-refractivity contribution in [2.45, 2.75) is 37.8 Å². The number of benzene rings is 2. The van der Waals surface area contributed by atoms with Gasteiger partial charge in [0.1, 0.15) is 54.1 Å². The standard InChI is InChI=1S/C28H29FN6O7/c1-2-31-28(38)35-25-21(30)24(32-14-33-25)34-26-23-22(41-20(42-23)11-8-15-6-4-3-5-7-15)19(40-26)13-39-18-10-9-16(29)12-17(18)27(36)37/h3-12,14,19-20,22-23,26H,2,13,30H2,1H3,(H,36,37)(H3,31,32,33,34,35,38)/b11-8+/t19?,20-,22?,23?,26?/m0/s1. The largest absolute Gasteiger partial charge is 0.490 e. The number of carboxylic acid groups (broad SMARTS) is 1. The fourth-order valence-corrected chi connectivity index (χ4v) is 4.50. The highest BCUT2D eigenvalue weighted by Gasteiger charge is 2.53. The summed E-state index contributed by atoms with van der Waals surface area (Å²) in [5.41, 5.74) is 6.92. The fourth-order valence-electron chi connectivity index (χ4n) is 4.50. The highest BCUT2D eigenvalue weighted by Crippen LogP contribution is 2.36. The van der Waals surface area contributed by atoms with Gasteiger partial charge in [0.2, 0.25) is 0 Å². The minimum Gasteiger partial charge on any atom is -0.490 e. The number of nitrogen functional groups attached to an aromatic ring is 1. The molecule has 14 heteroatoms. The van der Waals surface area contributed by atoms with Gasteiger partial charge < -0.3 is 40.4 Å². The molecule has 0 aliphatic carbocycles. The van der Waals surface area contributed by atoms with Gasteiger partial charge in [-0.2, -0.15) is 0 Å². The first-order chi connectivity index (χ1) is 20.3. The molecule has 0 radical (unpaired) electrons. The Labute approximate surface area is 239 Å². The molecule has 2 aliphatic heterocycles. The van der Waals surface area contributed by atoms with Crippen LogP contribution in [0.3, 0.4) is 0 Å². The molecular weight excluding hydrogens is 551 g/mol. The second kappa shape index (κ2) is 12.8. The van der Waals surface area contributed by atoms with Crippen molar-refractivity contribution in [3.8, 4) is 5.75 Å². The third-order valence-corrected chi connectivity index (χ3v) is 6.45. The number of carbonyl (C=O) groups is 2. The summed E-state index contributed by atoms with van der Waals surface area (Å²) in [7, 11) is 0. The molecular formula is C28H29FN6O7. The Bertz CT molecular complexity index is 1460. The van der Waals surface area contributed by atoms with E-state index >= 15 is 0 Å². The summed E-state index contributed by atoms with van der Waals surface area (Å²) in [5.74, 6) is -1.79. The van der Waals surface area contributed by atoms with Gasteiger partial charge in [-0.3, -0.25) is 5.32 Å². The molecule has 2 saturated heterocycles. The quantitative estimate of drug-likeness (QED) is 0.238. The number of carbonyl (C=O) groups excluding carboxylic acids is 1. The van der Waals surface area contributed by atoms with Gasteiger partial charge in [-0.1, -0.05) is 36.4 Å². The van der Waals surface area contributed by atoms with E-state index in [0.29, 0.717) is 6.54 Å². The van der Waals surface area contributed by atoms with Gasteiger partial charge in [0.05, 0.1) is 0 Å². The molecule has 0 spiro atoms. The van der Waals surface area contributed by atoms with E-state index in [1.54, 1.807) is 13.0 Å². The molecule has 2 aliphatic rings. The first kappa shape index (κ1) is 28.7. The topological polar surface area (TPSA) is 179 Å². The molecule has 0 bridgehead atoms. The lowest BCUT2D eigenvalue weighted by Gasteiger charge is -2.22. The number of nitrogens with one attached hydrogen (secondary N) is 3. The zero-order chi connectivity index (χ0) is 29.6. The molecule has 3 aromatic rings. The van der Waals surface area contributed by atoms with E-state index in [4.69, 9.17) is 24.7 Å². The number of nitrogens with zero attached hydrogens (tertiary/aromatic N) is 2. The summed E-state index contributed by atoms with van der Waals surface area (Å²) in [5, 5.41) is 17.7. The van der Waals surface area contributed by atoms with Crippen LogP contribution in [0.4, 0.5) is 26.5 Å². The average Bonchev–Trinajstić information content (AvgIpc) is 3.53. The monoisotopic (exact) mass is 580 g/mol. The zero-order valence-corrected chi connectivity index (χ0v) is 22.4. The molecule has 3 heterocycles. The Morgan fingerprint density at radius 3 is 2.62 bits per heavy atom. The zero-order valence-electron chi connectivity index (χ0n) is 22.4. The molecule has 2 amide bonds. The Morgan fingerprint density at radius 1 is 1.10 bits per heavy atom. The van der Waals surface area contributed by atoms with Crippen LogP contribution < -0.4 is 26.4 Å². The van der Waals surface area contributed by atoms with Crippen LogP contribution >= 0.6 is 0 Å². The Kier molecular flexibility index (Phi) is 8.76. The van der Waals surface area contributed by atoms with Gasteiger partial charge >= 0.3 is 12.0 Å². The van der Waals surface area contributed by atoms with Gasteiger partial charge in [-0.05, 0) is 36.8 Å². The molecule has 2 aromatic carbocycles. The Balaban J connectivity index is 1.35. The van der Waals surface area contributed by atoms with Crippen molar-refractivity contribution in [3.63, 3.8) is 0 Å². The number of nitrogens with two attached hydrogens (primary N) is 1. The first-order valence-electron chi connectivity index (χ1n) is 13.1. The number of hydrogen-bond acceptors (Lipinski definition) is 10. The highest BCUT2D eigenvalue weighted by atomic mass is 19.1. The van der Waals surface area contributed by atoms with E-state index in [1.807, 2.05) is 36.4 Å². The molecule has 220 valence electrons. The van der Waals surface area contributed by atoms with E-state index in [0.717, 1.165) is 17.7 Å². The van der Waals surface area contributed by atoms with Gasteiger partial charge in [0, 0.05) is 6.54 Å². The summed E-state index contributed by atoms with van der Waals surface area (Å²) in [4.78, 5) is 31.8. The number of amides is 2. The van der Waals surface area contributed by atoms with Crippen molar-refractivity contribution < 1.29 is 38.0 Å². The molecule has 42 heavy (non-hydrogen) atoms. The number of aromatic carboxylic acids is 1. The van der Waals surface area contributed by atoms with E-state index in [-0.39, 0.29) is 35.2 Å². The van der Waals surface area contributed by atoms with Gasteiger partial charge in [0.15, 0.2) is 24.2 Å². The number of ether oxygens (including phenoxy) is 4. The van der Waals surface area contributed by atoms with E-state index in [2.05, 4.69) is 25.9 Å². The molecule has 4 unspecified atom stereocenters.